The molecule has 3 aromatic heterocycles. The highest BCUT2D eigenvalue weighted by molar-refractivity contribution is 6.07. The second kappa shape index (κ2) is 8.05. The largest absolute Gasteiger partial charge is 0.352 e. The van der Waals surface area contributed by atoms with Crippen LogP contribution in [0.2, 0.25) is 0 Å². The van der Waals surface area contributed by atoms with E-state index < -0.39 is 5.67 Å². The number of anilines is 2. The molecule has 0 aromatic carbocycles. The molecular formula is C22H26FN7O. The number of hydrogen-bond donors (Lipinski definition) is 2. The molecule has 1 saturated heterocycles. The van der Waals surface area contributed by atoms with E-state index in [9.17, 15) is 9.18 Å². The highest BCUT2D eigenvalue weighted by Gasteiger charge is 2.35. The van der Waals surface area contributed by atoms with Gasteiger partial charge >= 0.3 is 0 Å². The molecule has 2 N–H and O–H groups in total. The number of halogens is 1. The van der Waals surface area contributed by atoms with Gasteiger partial charge in [-0.2, -0.15) is 5.10 Å². The fraction of sp³-hybridized carbons (Fsp3) is 0.409. The maximum atomic E-state index is 14.5. The fourth-order valence-corrected chi connectivity index (χ4v) is 3.63. The number of carbonyl (C=O) groups is 1. The number of H-pyrrole nitrogens is 1. The number of pyridine rings is 1. The van der Waals surface area contributed by atoms with Crippen molar-refractivity contribution in [1.29, 1.82) is 0 Å². The lowest BCUT2D eigenvalue weighted by Crippen LogP contribution is -2.28. The van der Waals surface area contributed by atoms with E-state index in [1.54, 1.807) is 19.2 Å². The number of hydrogen-bond acceptors (Lipinski definition) is 6. The van der Waals surface area contributed by atoms with Crippen LogP contribution in [0.25, 0.3) is 11.3 Å². The zero-order valence-corrected chi connectivity index (χ0v) is 18.1. The Labute approximate surface area is 180 Å². The molecule has 4 heterocycles. The topological polar surface area (TPSA) is 99.7 Å². The number of nitrogens with zero attached hydrogens (tertiary/aromatic N) is 5. The monoisotopic (exact) mass is 423 g/mol. The van der Waals surface area contributed by atoms with E-state index in [-0.39, 0.29) is 18.4 Å². The minimum atomic E-state index is -1.30. The van der Waals surface area contributed by atoms with Crippen LogP contribution in [-0.4, -0.2) is 49.8 Å². The molecule has 1 unspecified atom stereocenters. The van der Waals surface area contributed by atoms with Gasteiger partial charge in [-0.05, 0) is 26.0 Å². The van der Waals surface area contributed by atoms with Gasteiger partial charge in [-0.1, -0.05) is 13.8 Å². The van der Waals surface area contributed by atoms with Crippen LogP contribution >= 0.6 is 0 Å². The van der Waals surface area contributed by atoms with Crippen LogP contribution in [0.4, 0.5) is 15.9 Å². The first-order valence-electron chi connectivity index (χ1n) is 10.3. The number of alkyl halides is 1. The van der Waals surface area contributed by atoms with Crippen molar-refractivity contribution in [3.8, 4) is 11.3 Å². The summed E-state index contributed by atoms with van der Waals surface area (Å²) in [5.41, 5.74) is 1.79. The normalized spacial score (nSPS) is 18.6. The molecule has 1 aliphatic heterocycles. The number of nitrogens with one attached hydrogen (secondary N) is 2. The van der Waals surface area contributed by atoms with Crippen LogP contribution in [0, 0.1) is 6.92 Å². The van der Waals surface area contributed by atoms with Gasteiger partial charge < -0.3 is 10.2 Å². The maximum absolute atomic E-state index is 14.5. The van der Waals surface area contributed by atoms with E-state index in [4.69, 9.17) is 0 Å². The molecule has 9 heteroatoms. The SMILES string of the molecule is Cc1cc(-c2ccnc(N3CCC(C)(F)C3)c2NC(=O)c2cnc(C(C)C)nc2)n[nH]1. The van der Waals surface area contributed by atoms with Crippen LogP contribution in [0.5, 0.6) is 0 Å². The van der Waals surface area contributed by atoms with Crippen LogP contribution in [0.3, 0.4) is 0 Å². The summed E-state index contributed by atoms with van der Waals surface area (Å²) in [4.78, 5) is 27.9. The Morgan fingerprint density at radius 2 is 2.03 bits per heavy atom. The van der Waals surface area contributed by atoms with E-state index in [0.717, 1.165) is 5.69 Å². The van der Waals surface area contributed by atoms with Crippen molar-refractivity contribution in [3.05, 3.63) is 47.8 Å². The fourth-order valence-electron chi connectivity index (χ4n) is 3.63. The van der Waals surface area contributed by atoms with Gasteiger partial charge in [0, 0.05) is 48.7 Å². The molecule has 0 spiro atoms. The van der Waals surface area contributed by atoms with E-state index in [1.807, 2.05) is 31.7 Å². The lowest BCUT2D eigenvalue weighted by atomic mass is 10.1. The van der Waals surface area contributed by atoms with Crippen LogP contribution in [0.15, 0.2) is 30.7 Å². The summed E-state index contributed by atoms with van der Waals surface area (Å²) in [6.07, 6.45) is 5.08. The summed E-state index contributed by atoms with van der Waals surface area (Å²) in [5, 5.41) is 10.2. The number of aryl methyl sites for hydroxylation is 1. The molecular weight excluding hydrogens is 397 g/mol. The minimum Gasteiger partial charge on any atom is -0.352 e. The Morgan fingerprint density at radius 3 is 2.61 bits per heavy atom. The average molecular weight is 423 g/mol. The van der Waals surface area contributed by atoms with Crippen molar-refractivity contribution in [2.24, 2.45) is 0 Å². The third-order valence-electron chi connectivity index (χ3n) is 5.32. The summed E-state index contributed by atoms with van der Waals surface area (Å²) in [6.45, 7) is 8.18. The minimum absolute atomic E-state index is 0.168. The zero-order valence-electron chi connectivity index (χ0n) is 18.1. The van der Waals surface area contributed by atoms with Crippen LogP contribution in [-0.2, 0) is 0 Å². The van der Waals surface area contributed by atoms with Gasteiger partial charge in [0.05, 0.1) is 23.5 Å². The molecule has 8 nitrogen and oxygen atoms in total. The van der Waals surface area contributed by atoms with Crippen molar-refractivity contribution in [2.75, 3.05) is 23.3 Å². The molecule has 0 bridgehead atoms. The van der Waals surface area contributed by atoms with Crippen LogP contribution < -0.4 is 10.2 Å². The molecule has 162 valence electrons. The lowest BCUT2D eigenvalue weighted by molar-refractivity contribution is 0.102. The van der Waals surface area contributed by atoms with Crippen molar-refractivity contribution < 1.29 is 9.18 Å². The van der Waals surface area contributed by atoms with Gasteiger partial charge in [0.2, 0.25) is 0 Å². The summed E-state index contributed by atoms with van der Waals surface area (Å²) >= 11 is 0. The molecule has 1 atom stereocenters. The molecule has 1 fully saturated rings. The zero-order chi connectivity index (χ0) is 22.2. The molecule has 4 rings (SSSR count). The predicted molar refractivity (Wildman–Crippen MR) is 117 cm³/mol. The smallest absolute Gasteiger partial charge is 0.258 e. The van der Waals surface area contributed by atoms with Gasteiger partial charge in [-0.15, -0.1) is 0 Å². The highest BCUT2D eigenvalue weighted by Crippen LogP contribution is 2.38. The van der Waals surface area contributed by atoms with Gasteiger partial charge in [0.25, 0.3) is 5.91 Å². The number of aromatic nitrogens is 5. The number of aromatic amines is 1. The summed E-state index contributed by atoms with van der Waals surface area (Å²) in [5.74, 6) is 1.00. The van der Waals surface area contributed by atoms with Crippen molar-refractivity contribution >= 4 is 17.4 Å². The summed E-state index contributed by atoms with van der Waals surface area (Å²) < 4.78 is 14.5. The Bertz CT molecular complexity index is 1090. The van der Waals surface area contributed by atoms with E-state index in [1.165, 1.54) is 12.4 Å². The second-order valence-corrected chi connectivity index (χ2v) is 8.52. The Balaban J connectivity index is 1.72. The molecule has 0 radical (unpaired) electrons. The average Bonchev–Trinajstić information content (AvgIpc) is 3.33. The van der Waals surface area contributed by atoms with Crippen molar-refractivity contribution in [2.45, 2.75) is 45.7 Å². The van der Waals surface area contributed by atoms with Gasteiger partial charge in [-0.3, -0.25) is 9.89 Å². The Hall–Kier alpha value is -3.36. The third kappa shape index (κ3) is 4.40. The Morgan fingerprint density at radius 1 is 1.29 bits per heavy atom. The lowest BCUT2D eigenvalue weighted by Gasteiger charge is -2.23. The van der Waals surface area contributed by atoms with E-state index in [2.05, 4.69) is 30.5 Å². The third-order valence-corrected chi connectivity index (χ3v) is 5.32. The molecule has 0 saturated carbocycles. The quantitative estimate of drug-likeness (QED) is 0.646. The summed E-state index contributed by atoms with van der Waals surface area (Å²) in [7, 11) is 0. The number of rotatable bonds is 5. The van der Waals surface area contributed by atoms with Crippen LogP contribution in [0.1, 0.15) is 55.0 Å². The molecule has 1 aliphatic rings. The standard InChI is InChI=1S/C22H26FN7O/c1-13(2)19-25-10-15(11-26-19)21(31)27-18-16(17-9-14(3)28-29-17)5-7-24-20(18)30-8-6-22(4,23)12-30/h5,7,9-11,13H,6,8,12H2,1-4H3,(H,27,31)(H,28,29). The maximum Gasteiger partial charge on any atom is 0.258 e. The van der Waals surface area contributed by atoms with Crippen molar-refractivity contribution in [3.63, 3.8) is 0 Å². The van der Waals surface area contributed by atoms with Crippen molar-refractivity contribution in [1.82, 2.24) is 25.1 Å². The predicted octanol–water partition coefficient (Wildman–Crippen LogP) is 3.88. The first-order chi connectivity index (χ1) is 14.7. The first kappa shape index (κ1) is 20.9. The Kier molecular flexibility index (Phi) is 5.43. The van der Waals surface area contributed by atoms with Gasteiger partial charge in [0.15, 0.2) is 5.82 Å². The second-order valence-electron chi connectivity index (χ2n) is 8.52. The van der Waals surface area contributed by atoms with Gasteiger partial charge in [0.1, 0.15) is 11.5 Å². The molecule has 31 heavy (non-hydrogen) atoms. The van der Waals surface area contributed by atoms with E-state index >= 15 is 0 Å². The molecule has 0 aliphatic carbocycles. The number of carbonyl (C=O) groups excluding carboxylic acids is 1. The van der Waals surface area contributed by atoms with E-state index in [0.29, 0.717) is 47.1 Å². The van der Waals surface area contributed by atoms with Gasteiger partial charge in [-0.25, -0.2) is 19.3 Å². The molecule has 3 aromatic rings. The molecule has 1 amide bonds. The highest BCUT2D eigenvalue weighted by atomic mass is 19.1. The number of amides is 1. The first-order valence-corrected chi connectivity index (χ1v) is 10.3. The summed E-state index contributed by atoms with van der Waals surface area (Å²) in [6, 6.07) is 3.68.